The van der Waals surface area contributed by atoms with Gasteiger partial charge in [0.15, 0.2) is 11.5 Å². The van der Waals surface area contributed by atoms with E-state index in [2.05, 4.69) is 41.3 Å². The number of nitrogens with two attached hydrogens (primary N) is 1. The number of hydrogen-bond acceptors (Lipinski definition) is 5. The zero-order valence-electron chi connectivity index (χ0n) is 15.3. The summed E-state index contributed by atoms with van der Waals surface area (Å²) in [6, 6.07) is 13.9. The topological polar surface area (TPSA) is 75.2 Å². The van der Waals surface area contributed by atoms with Crippen LogP contribution in [0.5, 0.6) is 11.5 Å². The Bertz CT molecular complexity index is 859. The number of ether oxygens (including phenoxy) is 2. The van der Waals surface area contributed by atoms with Crippen LogP contribution in [0, 0.1) is 6.92 Å². The summed E-state index contributed by atoms with van der Waals surface area (Å²) in [6.07, 6.45) is 2.16. The predicted molar refractivity (Wildman–Crippen MR) is 100 cm³/mol. The Labute approximate surface area is 153 Å². The van der Waals surface area contributed by atoms with Gasteiger partial charge in [-0.05, 0) is 30.2 Å². The number of aryl methyl sites for hydroxylation is 1. The molecule has 1 unspecified atom stereocenters. The van der Waals surface area contributed by atoms with Crippen molar-refractivity contribution in [2.75, 3.05) is 14.2 Å². The maximum atomic E-state index is 6.41. The van der Waals surface area contributed by atoms with E-state index in [-0.39, 0.29) is 6.04 Å². The molecule has 136 valence electrons. The maximum absolute atomic E-state index is 6.41. The molecule has 1 aromatic heterocycles. The van der Waals surface area contributed by atoms with Crippen LogP contribution in [0.1, 0.15) is 28.6 Å². The molecule has 0 amide bonds. The van der Waals surface area contributed by atoms with E-state index in [1.165, 1.54) is 11.1 Å². The van der Waals surface area contributed by atoms with E-state index in [0.29, 0.717) is 24.5 Å². The minimum atomic E-state index is -0.212. The number of rotatable bonds is 7. The van der Waals surface area contributed by atoms with Crippen LogP contribution in [0.4, 0.5) is 0 Å². The van der Waals surface area contributed by atoms with Crippen molar-refractivity contribution in [3.05, 3.63) is 71.3 Å². The Hall–Kier alpha value is -2.86. The Balaban J connectivity index is 1.75. The molecule has 0 fully saturated rings. The second kappa shape index (κ2) is 8.01. The van der Waals surface area contributed by atoms with Gasteiger partial charge in [-0.25, -0.2) is 9.67 Å². The molecule has 6 nitrogen and oxygen atoms in total. The molecule has 0 saturated carbocycles. The molecule has 1 heterocycles. The second-order valence-corrected chi connectivity index (χ2v) is 6.24. The molecule has 0 spiro atoms. The maximum Gasteiger partial charge on any atom is 0.161 e. The van der Waals surface area contributed by atoms with Crippen molar-refractivity contribution in [1.29, 1.82) is 0 Å². The molecule has 3 rings (SSSR count). The largest absolute Gasteiger partial charge is 0.493 e. The molecule has 6 heteroatoms. The number of hydrogen-bond donors (Lipinski definition) is 1. The zero-order chi connectivity index (χ0) is 18.5. The quantitative estimate of drug-likeness (QED) is 0.708. The van der Waals surface area contributed by atoms with Crippen molar-refractivity contribution in [3.63, 3.8) is 0 Å². The van der Waals surface area contributed by atoms with Gasteiger partial charge in [-0.15, -0.1) is 0 Å². The summed E-state index contributed by atoms with van der Waals surface area (Å²) in [4.78, 5) is 4.39. The number of benzene rings is 2. The van der Waals surface area contributed by atoms with Gasteiger partial charge in [0.1, 0.15) is 12.2 Å². The second-order valence-electron chi connectivity index (χ2n) is 6.24. The Kier molecular flexibility index (Phi) is 5.53. The lowest BCUT2D eigenvalue weighted by Crippen LogP contribution is -2.17. The smallest absolute Gasteiger partial charge is 0.161 e. The molecular formula is C20H24N4O2. The monoisotopic (exact) mass is 352 g/mol. The highest BCUT2D eigenvalue weighted by molar-refractivity contribution is 5.43. The van der Waals surface area contributed by atoms with Crippen LogP contribution >= 0.6 is 0 Å². The van der Waals surface area contributed by atoms with Crippen molar-refractivity contribution in [3.8, 4) is 11.5 Å². The molecule has 0 aliphatic heterocycles. The lowest BCUT2D eigenvalue weighted by atomic mass is 10.0. The van der Waals surface area contributed by atoms with E-state index in [1.807, 2.05) is 22.9 Å². The van der Waals surface area contributed by atoms with Gasteiger partial charge in [-0.3, -0.25) is 0 Å². The van der Waals surface area contributed by atoms with Gasteiger partial charge >= 0.3 is 0 Å². The van der Waals surface area contributed by atoms with Crippen molar-refractivity contribution in [2.24, 2.45) is 5.73 Å². The van der Waals surface area contributed by atoms with Gasteiger partial charge < -0.3 is 15.2 Å². The molecule has 2 aromatic carbocycles. The third-order valence-electron chi connectivity index (χ3n) is 4.39. The molecule has 0 bridgehead atoms. The molecule has 0 radical (unpaired) electrons. The summed E-state index contributed by atoms with van der Waals surface area (Å²) in [6.45, 7) is 2.75. The molecule has 0 saturated heterocycles. The van der Waals surface area contributed by atoms with E-state index in [1.54, 1.807) is 20.5 Å². The van der Waals surface area contributed by atoms with Gasteiger partial charge in [0.2, 0.25) is 0 Å². The third kappa shape index (κ3) is 4.03. The first-order chi connectivity index (χ1) is 12.6. The molecule has 0 aliphatic carbocycles. The highest BCUT2D eigenvalue weighted by atomic mass is 16.5. The van der Waals surface area contributed by atoms with E-state index < -0.39 is 0 Å². The predicted octanol–water partition coefficient (Wildman–Crippen LogP) is 2.89. The summed E-state index contributed by atoms with van der Waals surface area (Å²) in [5, 5.41) is 4.35. The lowest BCUT2D eigenvalue weighted by Gasteiger charge is -2.15. The fraction of sp³-hybridized carbons (Fsp3) is 0.300. The molecule has 0 aliphatic rings. The third-order valence-corrected chi connectivity index (χ3v) is 4.39. The number of nitrogens with zero attached hydrogens (tertiary/aromatic N) is 3. The first kappa shape index (κ1) is 17.9. The SMILES string of the molecule is COc1ccc(C(N)Cc2ncnn2Cc2ccc(C)cc2)cc1OC. The van der Waals surface area contributed by atoms with E-state index >= 15 is 0 Å². The zero-order valence-corrected chi connectivity index (χ0v) is 15.3. The van der Waals surface area contributed by atoms with Crippen LogP contribution in [-0.2, 0) is 13.0 Å². The fourth-order valence-electron chi connectivity index (χ4n) is 2.84. The van der Waals surface area contributed by atoms with Crippen LogP contribution < -0.4 is 15.2 Å². The Morgan fingerprint density at radius 1 is 1.04 bits per heavy atom. The van der Waals surface area contributed by atoms with Crippen molar-refractivity contribution < 1.29 is 9.47 Å². The molecule has 1 atom stereocenters. The molecule has 26 heavy (non-hydrogen) atoms. The summed E-state index contributed by atoms with van der Waals surface area (Å²) in [7, 11) is 3.23. The molecular weight excluding hydrogens is 328 g/mol. The van der Waals surface area contributed by atoms with Gasteiger partial charge in [0, 0.05) is 12.5 Å². The summed E-state index contributed by atoms with van der Waals surface area (Å²) < 4.78 is 12.5. The first-order valence-electron chi connectivity index (χ1n) is 8.50. The van der Waals surface area contributed by atoms with Crippen LogP contribution in [0.3, 0.4) is 0 Å². The normalized spacial score (nSPS) is 12.0. The van der Waals surface area contributed by atoms with Crippen LogP contribution in [-0.4, -0.2) is 29.0 Å². The minimum Gasteiger partial charge on any atom is -0.493 e. The molecule has 2 N–H and O–H groups in total. The Morgan fingerprint density at radius 2 is 1.77 bits per heavy atom. The van der Waals surface area contributed by atoms with Crippen molar-refractivity contribution in [2.45, 2.75) is 25.9 Å². The lowest BCUT2D eigenvalue weighted by molar-refractivity contribution is 0.354. The van der Waals surface area contributed by atoms with Gasteiger partial charge in [0.05, 0.1) is 20.8 Å². The van der Waals surface area contributed by atoms with Crippen LogP contribution in [0.15, 0.2) is 48.8 Å². The highest BCUT2D eigenvalue weighted by Crippen LogP contribution is 2.30. The fourth-order valence-corrected chi connectivity index (χ4v) is 2.84. The van der Waals surface area contributed by atoms with E-state index in [4.69, 9.17) is 15.2 Å². The van der Waals surface area contributed by atoms with Gasteiger partial charge in [0.25, 0.3) is 0 Å². The van der Waals surface area contributed by atoms with Crippen LogP contribution in [0.25, 0.3) is 0 Å². The highest BCUT2D eigenvalue weighted by Gasteiger charge is 2.15. The van der Waals surface area contributed by atoms with Crippen molar-refractivity contribution in [1.82, 2.24) is 14.8 Å². The summed E-state index contributed by atoms with van der Waals surface area (Å²) in [5.74, 6) is 2.21. The average molecular weight is 352 g/mol. The van der Waals surface area contributed by atoms with Gasteiger partial charge in [-0.2, -0.15) is 5.10 Å². The van der Waals surface area contributed by atoms with Gasteiger partial charge in [-0.1, -0.05) is 35.9 Å². The Morgan fingerprint density at radius 3 is 2.46 bits per heavy atom. The van der Waals surface area contributed by atoms with Crippen molar-refractivity contribution >= 4 is 0 Å². The van der Waals surface area contributed by atoms with Crippen LogP contribution in [0.2, 0.25) is 0 Å². The molecule has 3 aromatic rings. The van der Waals surface area contributed by atoms with E-state index in [0.717, 1.165) is 11.4 Å². The summed E-state index contributed by atoms with van der Waals surface area (Å²) >= 11 is 0. The first-order valence-corrected chi connectivity index (χ1v) is 8.50. The average Bonchev–Trinajstić information content (AvgIpc) is 3.09. The standard InChI is InChI=1S/C20H24N4O2/c1-14-4-6-15(7-5-14)12-24-20(22-13-23-24)11-17(21)16-8-9-18(25-2)19(10-16)26-3/h4-10,13,17H,11-12,21H2,1-3H3. The number of aromatic nitrogens is 3. The number of methoxy groups -OCH3 is 2. The summed E-state index contributed by atoms with van der Waals surface area (Å²) in [5.41, 5.74) is 9.79. The van der Waals surface area contributed by atoms with E-state index in [9.17, 15) is 0 Å². The minimum absolute atomic E-state index is 0.212.